The number of rotatable bonds is 37. The maximum absolute atomic E-state index is 13.5. The summed E-state index contributed by atoms with van der Waals surface area (Å²) < 4.78 is 116. The fourth-order valence-electron chi connectivity index (χ4n) is 17.3. The summed E-state index contributed by atoms with van der Waals surface area (Å²) in [4.78, 5) is 90.4. The molecule has 10 aliphatic heterocycles. The lowest BCUT2D eigenvalue weighted by Crippen LogP contribution is -2.71. The van der Waals surface area contributed by atoms with E-state index in [0.29, 0.717) is 0 Å². The number of aliphatic hydroxyl groups is 27. The van der Waals surface area contributed by atoms with E-state index in [9.17, 15) is 177 Å². The lowest BCUT2D eigenvalue weighted by molar-refractivity contribution is -0.407. The van der Waals surface area contributed by atoms with Crippen LogP contribution >= 0.6 is 0 Å². The number of nitrogens with one attached hydrogen (secondary N) is 6. The first-order valence-corrected chi connectivity index (χ1v) is 42.7. The molecule has 0 aromatic carbocycles. The van der Waals surface area contributed by atoms with E-state index in [1.165, 1.54) is 0 Å². The first-order valence-electron chi connectivity index (χ1n) is 42.7. The van der Waals surface area contributed by atoms with E-state index in [4.69, 9.17) is 90.0 Å². The van der Waals surface area contributed by atoms with Crippen molar-refractivity contribution in [2.45, 2.75) is 360 Å². The van der Waals surface area contributed by atoms with E-state index >= 15 is 0 Å². The van der Waals surface area contributed by atoms with Crippen LogP contribution in [0.2, 0.25) is 0 Å². The predicted octanol–water partition coefficient (Wildman–Crippen LogP) is -22.7. The van der Waals surface area contributed by atoms with Crippen molar-refractivity contribution < 1.29 is 267 Å². The molecule has 0 unspecified atom stereocenters. The van der Waals surface area contributed by atoms with Gasteiger partial charge in [0.25, 0.3) is 5.79 Å². The molecular weight excluding hydrogens is 1850 g/mol. The highest BCUT2D eigenvalue weighted by molar-refractivity contribution is 5.77. The number of hydrogen-bond acceptors (Lipinski definition) is 53. The van der Waals surface area contributed by atoms with Gasteiger partial charge < -0.3 is 265 Å². The zero-order valence-electron chi connectivity index (χ0n) is 72.8. The van der Waals surface area contributed by atoms with Crippen molar-refractivity contribution in [2.24, 2.45) is 0 Å². The number of carbonyl (C=O) groups excluding carboxylic acids is 6. The second-order valence-electron chi connectivity index (χ2n) is 33.9. The molecule has 10 saturated heterocycles. The molecule has 0 aromatic rings. The monoisotopic (exact) mass is 1970 g/mol. The molecule has 0 radical (unpaired) electrons. The highest BCUT2D eigenvalue weighted by atomic mass is 16.8. The van der Waals surface area contributed by atoms with Gasteiger partial charge in [0.1, 0.15) is 238 Å². The third-order valence-electron chi connectivity index (χ3n) is 24.3. The Morgan fingerprint density at radius 3 is 1.10 bits per heavy atom. The van der Waals surface area contributed by atoms with Gasteiger partial charge in [-0.15, -0.1) is 0 Å². The average molecular weight is 1970 g/mol. The lowest BCUT2D eigenvalue weighted by Gasteiger charge is -2.52. The molecular formula is C75H124N6O54. The van der Waals surface area contributed by atoms with Crippen LogP contribution < -0.4 is 31.9 Å². The fraction of sp³-hybridized carbons (Fsp3) is 0.907. The zero-order chi connectivity index (χ0) is 99.9. The summed E-state index contributed by atoms with van der Waals surface area (Å²) in [5.74, 6) is -11.0. The first-order chi connectivity index (χ1) is 63.7. The number of aliphatic hydroxyl groups excluding tert-OH is 27. The van der Waals surface area contributed by atoms with Gasteiger partial charge in [-0.2, -0.15) is 0 Å². The Morgan fingerprint density at radius 2 is 0.637 bits per heavy atom. The van der Waals surface area contributed by atoms with Gasteiger partial charge in [0.05, 0.1) is 78.2 Å². The highest BCUT2D eigenvalue weighted by Gasteiger charge is 2.64. The zero-order valence-corrected chi connectivity index (χ0v) is 72.8. The Morgan fingerprint density at radius 1 is 0.304 bits per heavy atom. The molecule has 60 nitrogen and oxygen atoms in total. The molecule has 10 heterocycles. The van der Waals surface area contributed by atoms with Gasteiger partial charge in [-0.3, -0.25) is 28.8 Å². The van der Waals surface area contributed by atoms with Gasteiger partial charge in [0.2, 0.25) is 35.4 Å². The average Bonchev–Trinajstić information content (AvgIpc) is 0.761. The van der Waals surface area contributed by atoms with E-state index in [2.05, 4.69) is 31.9 Å². The molecule has 0 saturated carbocycles. The molecule has 10 fully saturated rings. The van der Waals surface area contributed by atoms with Crippen LogP contribution in [0.1, 0.15) is 48.0 Å². The fourth-order valence-corrected chi connectivity index (χ4v) is 17.3. The quantitative estimate of drug-likeness (QED) is 0.0275. The van der Waals surface area contributed by atoms with Crippen LogP contribution in [0.25, 0.3) is 0 Å². The summed E-state index contributed by atoms with van der Waals surface area (Å²) in [6.45, 7) is -6.87. The van der Waals surface area contributed by atoms with Crippen molar-refractivity contribution in [3.8, 4) is 0 Å². The molecule has 10 aliphatic rings. The summed E-state index contributed by atoms with van der Waals surface area (Å²) in [5, 5.41) is 330. The Hall–Kier alpha value is -5.55. The van der Waals surface area contributed by atoms with Crippen LogP contribution in [-0.4, -0.2) is 563 Å². The van der Waals surface area contributed by atoms with E-state index in [1.54, 1.807) is 0 Å². The van der Waals surface area contributed by atoms with Crippen molar-refractivity contribution in [3.63, 3.8) is 0 Å². The first kappa shape index (κ1) is 111. The number of carboxylic acids is 1. The van der Waals surface area contributed by atoms with Crippen molar-refractivity contribution in [1.29, 1.82) is 0 Å². The van der Waals surface area contributed by atoms with Gasteiger partial charge in [0, 0.05) is 48.0 Å². The molecule has 51 atom stereocenters. The Labute approximate surface area is 764 Å². The Balaban J connectivity index is 1.06. The van der Waals surface area contributed by atoms with Crippen molar-refractivity contribution in [1.82, 2.24) is 31.9 Å². The molecule has 0 aliphatic carbocycles. The minimum atomic E-state index is -3.15. The topological polar surface area (TPSA) is 933 Å². The molecule has 10 rings (SSSR count). The molecule has 0 spiro atoms. The number of hydrogen-bond donors (Lipinski definition) is 34. The third kappa shape index (κ3) is 25.2. The summed E-state index contributed by atoms with van der Waals surface area (Å²) in [6.07, 6.45) is -101. The van der Waals surface area contributed by atoms with E-state index in [1.807, 2.05) is 0 Å². The standard InChI is InChI=1S/C75H124N6O54/c1-18(90)76-35-24(96)7-75(74(115)116,135-61(35)41(98)25(97)8-82)118-17-33-46(103)52(109)55(112)70(126-33)131-60-40(81-23(6)95)69(122-30(13-87)47(60)104)133-63-53(110)44(101)28(11-85)123-72(63)117-16-34-59(130-66-37(78-20(3)92)48(105)42(99)26(9-83)120-66)62(132-73-64(54(111)45(102)29(12-86)124-73)134-67-38(79-21(4)93)49(106)43(100)27(10-84)121-67)56(113)71(127-34)129-58-32(15-89)125-68(39(51(58)108)80-22(5)94)128-57-31(14-88)119-65(114)36(50(57)107)77-19(2)91/h24-73,82-89,96-114H,7-17H2,1-6H3,(H,76,90)(H,77,91)(H,78,92)(H,79,93)(H,80,94)(H,81,95)(H,115,116)/t24-,25+,26+,27+,28+,29+,30+,31+,32+,33+,34+,35+,36+,37+,38+,39+,40+,41+,42+,43+,44+,45+,46-,47+,48+,49+,50+,51+,52-,53-,54-,55+,56-,57+,58+,59+,60+,61+,62+,63-,64-,65+,66-,67-,68-,69-,70-,71-,72-,73+,75+/m0/s1. The second-order valence-corrected chi connectivity index (χ2v) is 33.9. The Bertz CT molecular complexity index is 3820. The normalized spacial score (nSPS) is 46.4. The van der Waals surface area contributed by atoms with Crippen LogP contribution in [-0.2, 0) is 124 Å². The van der Waals surface area contributed by atoms with Gasteiger partial charge >= 0.3 is 5.97 Å². The SMILES string of the molecule is CC(=O)N[C@@H]1[C@@H](O)[C@H](O[C@@H]2O[C@H](CO)[C@@H](O[C@@H]3O[C@H](CO[C@H]4O[C@H](CO)[C@@H](O)[C@H](O)[C@@H]4O[C@@H]4O[C@H](CO)[C@@H](O)[C@H](O[C@@H]5O[C@H](CO[C@]6(C(=O)O)C[C@H](O)[C@@H](NC(C)=O)[C@H]([C@H](O)[C@H](O)CO)O6)[C@H](O)[C@H](O)[C@H]5O)[C@H]4NC(C)=O)[C@@H](O[C@@H]4O[C@H](CO)[C@@H](O)[C@H](O)[C@H]4NC(C)=O)[C@H](O[C@H]4O[C@H](CO)[C@@H](O)[C@H](O)[C@@H]4O[C@@H]4O[C@H](CO)[C@@H](O)[C@H](O)[C@H]4NC(C)=O)[C@@H]3O)[C@H](O)[C@H]2NC(C)=O)[C@@H](CO)O[C@H]1O. The van der Waals surface area contributed by atoms with Crippen LogP contribution in [0.4, 0.5) is 0 Å². The largest absolute Gasteiger partial charge is 0.477 e. The van der Waals surface area contributed by atoms with E-state index in [0.717, 1.165) is 41.5 Å². The van der Waals surface area contributed by atoms with Crippen LogP contribution in [0.5, 0.6) is 0 Å². The summed E-state index contributed by atoms with van der Waals surface area (Å²) in [7, 11) is 0. The lowest BCUT2D eigenvalue weighted by atomic mass is 9.88. The summed E-state index contributed by atoms with van der Waals surface area (Å²) in [5.41, 5.74) is 0. The van der Waals surface area contributed by atoms with Crippen LogP contribution in [0.15, 0.2) is 0 Å². The smallest absolute Gasteiger partial charge is 0.364 e. The minimum absolute atomic E-state index is 0.834. The molecule has 0 aromatic heterocycles. The van der Waals surface area contributed by atoms with Crippen molar-refractivity contribution in [2.75, 3.05) is 66.1 Å². The second kappa shape index (κ2) is 48.5. The van der Waals surface area contributed by atoms with Crippen LogP contribution in [0, 0.1) is 0 Å². The van der Waals surface area contributed by atoms with Crippen molar-refractivity contribution in [3.05, 3.63) is 0 Å². The molecule has 60 heteroatoms. The maximum atomic E-state index is 13.5. The van der Waals surface area contributed by atoms with Crippen molar-refractivity contribution >= 4 is 41.4 Å². The number of ether oxygens (including phenoxy) is 19. The maximum Gasteiger partial charge on any atom is 0.364 e. The number of carbonyl (C=O) groups is 7. The number of carboxylic acid groups (broad SMARTS) is 1. The van der Waals surface area contributed by atoms with Gasteiger partial charge in [0.15, 0.2) is 56.6 Å². The van der Waals surface area contributed by atoms with Gasteiger partial charge in [-0.1, -0.05) is 0 Å². The number of aliphatic carboxylic acids is 1. The highest BCUT2D eigenvalue weighted by Crippen LogP contribution is 2.43. The molecule has 0 bridgehead atoms. The van der Waals surface area contributed by atoms with E-state index in [-0.39, 0.29) is 0 Å². The Kier molecular flexibility index (Phi) is 40.0. The van der Waals surface area contributed by atoms with Crippen LogP contribution in [0.3, 0.4) is 0 Å². The molecule has 6 amide bonds. The molecule has 778 valence electrons. The number of amides is 6. The third-order valence-corrected chi connectivity index (χ3v) is 24.3. The molecule has 135 heavy (non-hydrogen) atoms. The molecule has 34 N–H and O–H groups in total. The van der Waals surface area contributed by atoms with E-state index < -0.39 is 426 Å². The van der Waals surface area contributed by atoms with Gasteiger partial charge in [-0.05, 0) is 0 Å². The summed E-state index contributed by atoms with van der Waals surface area (Å²) in [6, 6.07) is -11.6. The predicted molar refractivity (Wildman–Crippen MR) is 416 cm³/mol. The minimum Gasteiger partial charge on any atom is -0.477 e. The summed E-state index contributed by atoms with van der Waals surface area (Å²) >= 11 is 0. The van der Waals surface area contributed by atoms with Gasteiger partial charge in [-0.25, -0.2) is 4.79 Å².